The molecule has 0 unspecified atom stereocenters. The van der Waals surface area contributed by atoms with Crippen molar-refractivity contribution in [2.24, 2.45) is 10.7 Å². The number of fused-ring (bicyclic) bond motifs is 1. The SMILES string of the molecule is CN(C(=O)C(C)(C)N)c1ccc(N=C(c2ccc(N3CCOC3=O)cc2)c2c(O)[nH]c3cc(Cl)ccc23)cc1. The molecule has 39 heavy (non-hydrogen) atoms. The Bertz CT molecular complexity index is 1590. The molecule has 0 saturated carbocycles. The molecule has 5 rings (SSSR count). The molecule has 0 radical (unpaired) electrons. The van der Waals surface area contributed by atoms with Gasteiger partial charge < -0.3 is 25.5 Å². The van der Waals surface area contributed by atoms with E-state index in [9.17, 15) is 14.7 Å². The van der Waals surface area contributed by atoms with E-state index < -0.39 is 5.54 Å². The van der Waals surface area contributed by atoms with Gasteiger partial charge in [0, 0.05) is 34.4 Å². The number of nitrogens with two attached hydrogens (primary N) is 1. The second-order valence-electron chi connectivity index (χ2n) is 9.91. The fraction of sp³-hybridized carbons (Fsp3) is 0.207. The Morgan fingerprint density at radius 1 is 1.13 bits per heavy atom. The number of aromatic hydroxyl groups is 1. The molecule has 4 N–H and O–H groups in total. The minimum absolute atomic E-state index is 0.0506. The van der Waals surface area contributed by atoms with E-state index in [1.807, 2.05) is 30.3 Å². The molecule has 0 atom stereocenters. The minimum atomic E-state index is -1.01. The number of likely N-dealkylation sites (N-methyl/N-ethyl adjacent to an activating group) is 1. The van der Waals surface area contributed by atoms with Gasteiger partial charge in [0.2, 0.25) is 5.91 Å². The van der Waals surface area contributed by atoms with Crippen molar-refractivity contribution in [3.8, 4) is 5.88 Å². The number of ether oxygens (including phenoxy) is 1. The van der Waals surface area contributed by atoms with E-state index >= 15 is 0 Å². The molecular formula is C29H28ClN5O4. The number of hydrogen-bond acceptors (Lipinski definition) is 6. The number of cyclic esters (lactones) is 1. The van der Waals surface area contributed by atoms with Gasteiger partial charge in [0.1, 0.15) is 6.61 Å². The van der Waals surface area contributed by atoms with E-state index in [1.54, 1.807) is 62.2 Å². The Kier molecular flexibility index (Phi) is 6.80. The molecule has 2 heterocycles. The van der Waals surface area contributed by atoms with Crippen LogP contribution in [0.5, 0.6) is 5.88 Å². The standard InChI is InChI=1S/C29H28ClN5O4/c1-29(2,31)27(37)34(3)20-11-7-19(8-12-20)32-25(24-22-13-6-18(30)16-23(22)33-26(24)36)17-4-9-21(10-5-17)35-14-15-39-28(35)38/h4-13,16,33,36H,14-15,31H2,1-3H3. The number of rotatable bonds is 6. The molecule has 1 aliphatic heterocycles. The molecule has 4 aromatic rings. The third-order valence-corrected chi connectivity index (χ3v) is 6.76. The molecule has 3 aromatic carbocycles. The molecule has 1 aliphatic rings. The van der Waals surface area contributed by atoms with Crippen molar-refractivity contribution in [3.05, 3.63) is 82.9 Å². The molecule has 1 fully saturated rings. The molecule has 10 heteroatoms. The number of anilines is 2. The van der Waals surface area contributed by atoms with E-state index in [2.05, 4.69) is 4.98 Å². The molecule has 1 aromatic heterocycles. The molecule has 200 valence electrons. The van der Waals surface area contributed by atoms with E-state index in [0.29, 0.717) is 52.0 Å². The summed E-state index contributed by atoms with van der Waals surface area (Å²) in [5.74, 6) is -0.269. The zero-order valence-electron chi connectivity index (χ0n) is 21.7. The highest BCUT2D eigenvalue weighted by molar-refractivity contribution is 6.31. The van der Waals surface area contributed by atoms with Crippen LogP contribution < -0.4 is 15.5 Å². The second-order valence-corrected chi connectivity index (χ2v) is 10.4. The van der Waals surface area contributed by atoms with Crippen LogP contribution in [0, 0.1) is 0 Å². The summed E-state index contributed by atoms with van der Waals surface area (Å²) < 4.78 is 5.05. The van der Waals surface area contributed by atoms with E-state index in [4.69, 9.17) is 27.1 Å². The number of carbonyl (C=O) groups excluding carboxylic acids is 2. The van der Waals surface area contributed by atoms with Gasteiger partial charge in [-0.25, -0.2) is 9.79 Å². The first kappa shape index (κ1) is 26.3. The number of aromatic nitrogens is 1. The Morgan fingerprint density at radius 3 is 2.44 bits per heavy atom. The van der Waals surface area contributed by atoms with Crippen molar-refractivity contribution in [1.29, 1.82) is 0 Å². The number of amides is 2. The second kappa shape index (κ2) is 10.1. The molecule has 2 amide bonds. The van der Waals surface area contributed by atoms with Gasteiger partial charge in [-0.3, -0.25) is 9.69 Å². The first-order valence-electron chi connectivity index (χ1n) is 12.3. The Morgan fingerprint density at radius 2 is 1.82 bits per heavy atom. The van der Waals surface area contributed by atoms with Gasteiger partial charge in [-0.1, -0.05) is 29.8 Å². The summed E-state index contributed by atoms with van der Waals surface area (Å²) in [6.07, 6.45) is -0.385. The fourth-order valence-corrected chi connectivity index (χ4v) is 4.69. The van der Waals surface area contributed by atoms with Crippen LogP contribution in [0.2, 0.25) is 5.02 Å². The highest BCUT2D eigenvalue weighted by Gasteiger charge is 2.27. The van der Waals surface area contributed by atoms with E-state index in [-0.39, 0.29) is 17.9 Å². The van der Waals surface area contributed by atoms with Gasteiger partial charge in [-0.2, -0.15) is 0 Å². The maximum absolute atomic E-state index is 12.6. The minimum Gasteiger partial charge on any atom is -0.494 e. The Labute approximate surface area is 230 Å². The summed E-state index contributed by atoms with van der Waals surface area (Å²) in [6, 6.07) is 19.8. The number of H-pyrrole nitrogens is 1. The molecule has 0 aliphatic carbocycles. The largest absolute Gasteiger partial charge is 0.494 e. The lowest BCUT2D eigenvalue weighted by molar-refractivity contribution is -0.122. The molecule has 0 bridgehead atoms. The van der Waals surface area contributed by atoms with Crippen molar-refractivity contribution in [2.45, 2.75) is 19.4 Å². The molecular weight excluding hydrogens is 518 g/mol. The summed E-state index contributed by atoms with van der Waals surface area (Å²) in [4.78, 5) is 35.6. The topological polar surface area (TPSA) is 124 Å². The van der Waals surface area contributed by atoms with Gasteiger partial charge >= 0.3 is 6.09 Å². The van der Waals surface area contributed by atoms with Gasteiger partial charge in [0.15, 0.2) is 5.88 Å². The number of aliphatic imine (C=N–C) groups is 1. The van der Waals surface area contributed by atoms with Crippen molar-refractivity contribution in [2.75, 3.05) is 30.0 Å². The lowest BCUT2D eigenvalue weighted by Gasteiger charge is -2.25. The first-order valence-corrected chi connectivity index (χ1v) is 12.7. The molecule has 1 saturated heterocycles. The normalized spacial score (nSPS) is 14.1. The number of benzene rings is 3. The molecule has 9 nitrogen and oxygen atoms in total. The highest BCUT2D eigenvalue weighted by Crippen LogP contribution is 2.34. The van der Waals surface area contributed by atoms with Crippen LogP contribution in [-0.4, -0.2) is 53.5 Å². The summed E-state index contributed by atoms with van der Waals surface area (Å²) in [7, 11) is 1.67. The van der Waals surface area contributed by atoms with Crippen molar-refractivity contribution >= 4 is 57.3 Å². The number of carbonyl (C=O) groups is 2. The smallest absolute Gasteiger partial charge is 0.414 e. The maximum Gasteiger partial charge on any atom is 0.414 e. The summed E-state index contributed by atoms with van der Waals surface area (Å²) in [5, 5.41) is 12.2. The summed E-state index contributed by atoms with van der Waals surface area (Å²) >= 11 is 6.18. The molecule has 0 spiro atoms. The van der Waals surface area contributed by atoms with E-state index in [0.717, 1.165) is 10.9 Å². The lowest BCUT2D eigenvalue weighted by Crippen LogP contribution is -2.49. The number of halogens is 1. The zero-order chi connectivity index (χ0) is 27.9. The highest BCUT2D eigenvalue weighted by atomic mass is 35.5. The number of nitrogens with one attached hydrogen (secondary N) is 1. The monoisotopic (exact) mass is 545 g/mol. The van der Waals surface area contributed by atoms with Crippen molar-refractivity contribution in [1.82, 2.24) is 4.98 Å². The van der Waals surface area contributed by atoms with Gasteiger partial charge in [0.25, 0.3) is 0 Å². The number of aromatic amines is 1. The Balaban J connectivity index is 1.58. The third kappa shape index (κ3) is 5.19. The summed E-state index contributed by atoms with van der Waals surface area (Å²) in [6.45, 7) is 4.15. The van der Waals surface area contributed by atoms with Crippen LogP contribution in [0.3, 0.4) is 0 Å². The van der Waals surface area contributed by atoms with E-state index in [1.165, 1.54) is 4.90 Å². The van der Waals surface area contributed by atoms with Crippen LogP contribution in [-0.2, 0) is 9.53 Å². The Hall–Kier alpha value is -4.34. The van der Waals surface area contributed by atoms with Gasteiger partial charge in [0.05, 0.1) is 34.6 Å². The van der Waals surface area contributed by atoms with Gasteiger partial charge in [-0.05, 0) is 62.4 Å². The average molecular weight is 546 g/mol. The predicted molar refractivity (Wildman–Crippen MR) is 154 cm³/mol. The zero-order valence-corrected chi connectivity index (χ0v) is 22.5. The number of hydrogen-bond donors (Lipinski definition) is 3. The van der Waals surface area contributed by atoms with Crippen LogP contribution in [0.4, 0.5) is 21.9 Å². The lowest BCUT2D eigenvalue weighted by atomic mass is 10.00. The quantitative estimate of drug-likeness (QED) is 0.282. The van der Waals surface area contributed by atoms with Crippen LogP contribution in [0.25, 0.3) is 10.9 Å². The van der Waals surface area contributed by atoms with Crippen LogP contribution >= 0.6 is 11.6 Å². The maximum atomic E-state index is 12.6. The fourth-order valence-electron chi connectivity index (χ4n) is 4.52. The summed E-state index contributed by atoms with van der Waals surface area (Å²) in [5.41, 5.74) is 9.37. The van der Waals surface area contributed by atoms with Crippen LogP contribution in [0.15, 0.2) is 71.7 Å². The van der Waals surface area contributed by atoms with Crippen molar-refractivity contribution < 1.29 is 19.4 Å². The first-order chi connectivity index (χ1) is 18.5. The van der Waals surface area contributed by atoms with Gasteiger partial charge in [-0.15, -0.1) is 0 Å². The average Bonchev–Trinajstić information content (AvgIpc) is 3.48. The number of nitrogens with zero attached hydrogens (tertiary/aromatic N) is 3. The van der Waals surface area contributed by atoms with Crippen LogP contribution in [0.1, 0.15) is 25.0 Å². The predicted octanol–water partition coefficient (Wildman–Crippen LogP) is 5.35. The third-order valence-electron chi connectivity index (χ3n) is 6.52. The van der Waals surface area contributed by atoms with Crippen molar-refractivity contribution in [3.63, 3.8) is 0 Å².